The van der Waals surface area contributed by atoms with Crippen molar-refractivity contribution in [1.29, 1.82) is 0 Å². The lowest BCUT2D eigenvalue weighted by Gasteiger charge is -2.29. The van der Waals surface area contributed by atoms with Gasteiger partial charge in [0.1, 0.15) is 5.82 Å². The van der Waals surface area contributed by atoms with Crippen molar-refractivity contribution in [3.05, 3.63) is 242 Å². The molecular weight excluding hydrogens is 744 g/mol. The molecule has 0 spiro atoms. The number of benzene rings is 11. The van der Waals surface area contributed by atoms with E-state index in [1.54, 1.807) is 6.07 Å². The van der Waals surface area contributed by atoms with Gasteiger partial charge in [0.2, 0.25) is 0 Å². The predicted octanol–water partition coefficient (Wildman–Crippen LogP) is 16.7. The van der Waals surface area contributed by atoms with Crippen LogP contribution in [0.15, 0.2) is 237 Å². The second kappa shape index (κ2) is 15.3. The SMILES string of the molecule is Fc1cc(-c2ccccc2)cc(-c2ccccc2)c1N(c1ccccc1)c1ccc2c(c1)c1ccccc1c1c3ccc(N(c4ccccc4)c4ccccc4)cc3ccc21. The predicted molar refractivity (Wildman–Crippen MR) is 257 cm³/mol. The van der Waals surface area contributed by atoms with Crippen LogP contribution >= 0.6 is 0 Å². The van der Waals surface area contributed by atoms with Crippen molar-refractivity contribution >= 4 is 77.2 Å². The van der Waals surface area contributed by atoms with Crippen LogP contribution in [-0.2, 0) is 0 Å². The van der Waals surface area contributed by atoms with Crippen LogP contribution in [0.2, 0.25) is 0 Å². The fourth-order valence-corrected chi connectivity index (χ4v) is 9.08. The summed E-state index contributed by atoms with van der Waals surface area (Å²) in [5, 5.41) is 9.35. The van der Waals surface area contributed by atoms with Gasteiger partial charge in [-0.05, 0) is 133 Å². The highest BCUT2D eigenvalue weighted by Gasteiger charge is 2.24. The zero-order chi connectivity index (χ0) is 40.7. The highest BCUT2D eigenvalue weighted by molar-refractivity contribution is 6.32. The Hall–Kier alpha value is -8.01. The maximum absolute atomic E-state index is 17.3. The average molecular weight is 783 g/mol. The van der Waals surface area contributed by atoms with Crippen molar-refractivity contribution < 1.29 is 4.39 Å². The third-order valence-electron chi connectivity index (χ3n) is 11.8. The molecule has 0 N–H and O–H groups in total. The Labute approximate surface area is 354 Å². The molecule has 3 heteroatoms. The Morgan fingerprint density at radius 1 is 0.279 bits per heavy atom. The summed E-state index contributed by atoms with van der Waals surface area (Å²) in [4.78, 5) is 4.39. The van der Waals surface area contributed by atoms with Gasteiger partial charge in [-0.15, -0.1) is 0 Å². The van der Waals surface area contributed by atoms with E-state index in [1.165, 1.54) is 26.9 Å². The van der Waals surface area contributed by atoms with Crippen LogP contribution in [0.4, 0.5) is 38.5 Å². The van der Waals surface area contributed by atoms with E-state index in [2.05, 4.69) is 174 Å². The number of halogens is 1. The summed E-state index contributed by atoms with van der Waals surface area (Å²) in [6.07, 6.45) is 0. The largest absolute Gasteiger partial charge is 0.310 e. The van der Waals surface area contributed by atoms with E-state index in [0.29, 0.717) is 5.69 Å². The molecule has 0 saturated heterocycles. The lowest BCUT2D eigenvalue weighted by atomic mass is 9.90. The molecule has 0 radical (unpaired) electrons. The molecule has 11 aromatic carbocycles. The second-order valence-electron chi connectivity index (χ2n) is 15.4. The molecule has 288 valence electrons. The quantitative estimate of drug-likeness (QED) is 0.142. The van der Waals surface area contributed by atoms with Gasteiger partial charge >= 0.3 is 0 Å². The van der Waals surface area contributed by atoms with Gasteiger partial charge in [-0.1, -0.05) is 164 Å². The number of rotatable bonds is 8. The zero-order valence-electron chi connectivity index (χ0n) is 33.3. The molecule has 0 aromatic heterocycles. The number of para-hydroxylation sites is 3. The van der Waals surface area contributed by atoms with Gasteiger partial charge in [-0.25, -0.2) is 4.39 Å². The fraction of sp³-hybridized carbons (Fsp3) is 0. The first kappa shape index (κ1) is 36.1. The molecule has 2 nitrogen and oxygen atoms in total. The second-order valence-corrected chi connectivity index (χ2v) is 15.4. The first-order valence-electron chi connectivity index (χ1n) is 20.7. The van der Waals surface area contributed by atoms with Crippen molar-refractivity contribution in [3.63, 3.8) is 0 Å². The van der Waals surface area contributed by atoms with Crippen molar-refractivity contribution in [2.24, 2.45) is 0 Å². The van der Waals surface area contributed by atoms with Crippen LogP contribution in [0.5, 0.6) is 0 Å². The summed E-state index contributed by atoms with van der Waals surface area (Å²) < 4.78 is 17.3. The maximum Gasteiger partial charge on any atom is 0.148 e. The molecule has 11 aromatic rings. The van der Waals surface area contributed by atoms with Crippen molar-refractivity contribution in [1.82, 2.24) is 0 Å². The third kappa shape index (κ3) is 6.44. The minimum atomic E-state index is -0.295. The van der Waals surface area contributed by atoms with Gasteiger partial charge in [0.05, 0.1) is 5.69 Å². The molecule has 0 amide bonds. The highest BCUT2D eigenvalue weighted by Crippen LogP contribution is 2.47. The molecule has 0 unspecified atom stereocenters. The Morgan fingerprint density at radius 3 is 1.36 bits per heavy atom. The Balaban J connectivity index is 1.12. The van der Waals surface area contributed by atoms with Crippen molar-refractivity contribution in [2.45, 2.75) is 0 Å². The molecule has 0 aliphatic rings. The van der Waals surface area contributed by atoms with Gasteiger partial charge in [-0.2, -0.15) is 0 Å². The smallest absolute Gasteiger partial charge is 0.148 e. The maximum atomic E-state index is 17.3. The van der Waals surface area contributed by atoms with E-state index < -0.39 is 0 Å². The Bertz CT molecular complexity index is 3290. The summed E-state index contributed by atoms with van der Waals surface area (Å²) in [6, 6.07) is 81.9. The van der Waals surface area contributed by atoms with Crippen LogP contribution in [-0.4, -0.2) is 0 Å². The summed E-state index contributed by atoms with van der Waals surface area (Å²) >= 11 is 0. The summed E-state index contributed by atoms with van der Waals surface area (Å²) in [6.45, 7) is 0. The van der Waals surface area contributed by atoms with Gasteiger partial charge in [-0.3, -0.25) is 0 Å². The third-order valence-corrected chi connectivity index (χ3v) is 11.8. The number of hydrogen-bond donors (Lipinski definition) is 0. The number of fused-ring (bicyclic) bond motifs is 8. The lowest BCUT2D eigenvalue weighted by Crippen LogP contribution is -2.13. The average Bonchev–Trinajstić information content (AvgIpc) is 3.33. The van der Waals surface area contributed by atoms with E-state index in [9.17, 15) is 0 Å². The van der Waals surface area contributed by atoms with Crippen LogP contribution in [0.3, 0.4) is 0 Å². The molecule has 0 atom stereocenters. The molecule has 0 saturated carbocycles. The molecular formula is C58H39FN2. The van der Waals surface area contributed by atoms with Gasteiger partial charge in [0, 0.05) is 34.0 Å². The topological polar surface area (TPSA) is 6.48 Å². The van der Waals surface area contributed by atoms with E-state index in [1.807, 2.05) is 66.7 Å². The molecule has 0 bridgehead atoms. The van der Waals surface area contributed by atoms with Gasteiger partial charge < -0.3 is 9.80 Å². The first-order chi connectivity index (χ1) is 30.2. The standard InChI is InChI=1S/C58H39FN2/c59-56-38-43(40-18-6-1-7-19-40)37-54(41-20-8-2-9-21-41)58(56)61(46-26-14-5-15-27-46)48-32-35-51-53-33-30-42-36-47(60(44-22-10-3-11-23-44)45-24-12-4-13-25-45)31-34-49(42)57(53)52-29-17-16-28-50(52)55(51)39-48/h1-39H. The lowest BCUT2D eigenvalue weighted by molar-refractivity contribution is 0.630. The molecule has 0 aliphatic heterocycles. The summed E-state index contributed by atoms with van der Waals surface area (Å²) in [7, 11) is 0. The van der Waals surface area contributed by atoms with E-state index in [-0.39, 0.29) is 5.82 Å². The number of hydrogen-bond acceptors (Lipinski definition) is 2. The fourth-order valence-electron chi connectivity index (χ4n) is 9.08. The van der Waals surface area contributed by atoms with E-state index in [0.717, 1.165) is 66.8 Å². The summed E-state index contributed by atoms with van der Waals surface area (Å²) in [5.41, 5.74) is 9.11. The minimum Gasteiger partial charge on any atom is -0.310 e. The molecule has 11 rings (SSSR count). The van der Waals surface area contributed by atoms with E-state index in [4.69, 9.17) is 0 Å². The highest BCUT2D eigenvalue weighted by atomic mass is 19.1. The van der Waals surface area contributed by atoms with Crippen LogP contribution in [0.1, 0.15) is 0 Å². The van der Waals surface area contributed by atoms with Crippen LogP contribution in [0, 0.1) is 5.82 Å². The molecule has 61 heavy (non-hydrogen) atoms. The molecule has 0 heterocycles. The number of nitrogens with zero attached hydrogens (tertiary/aromatic N) is 2. The first-order valence-corrected chi connectivity index (χ1v) is 20.7. The van der Waals surface area contributed by atoms with E-state index >= 15 is 4.39 Å². The summed E-state index contributed by atoms with van der Waals surface area (Å²) in [5.74, 6) is -0.295. The van der Waals surface area contributed by atoms with Crippen molar-refractivity contribution in [3.8, 4) is 22.3 Å². The minimum absolute atomic E-state index is 0.295. The normalized spacial score (nSPS) is 11.4. The van der Waals surface area contributed by atoms with Gasteiger partial charge in [0.25, 0.3) is 0 Å². The number of anilines is 6. The van der Waals surface area contributed by atoms with Crippen LogP contribution < -0.4 is 9.80 Å². The molecule has 0 aliphatic carbocycles. The van der Waals surface area contributed by atoms with Gasteiger partial charge in [0.15, 0.2) is 0 Å². The molecule has 0 fully saturated rings. The Kier molecular flexibility index (Phi) is 9.05. The van der Waals surface area contributed by atoms with Crippen molar-refractivity contribution in [2.75, 3.05) is 9.80 Å². The van der Waals surface area contributed by atoms with Crippen LogP contribution in [0.25, 0.3) is 65.3 Å². The zero-order valence-corrected chi connectivity index (χ0v) is 33.3. The monoisotopic (exact) mass is 782 g/mol. The Morgan fingerprint density at radius 2 is 0.738 bits per heavy atom.